The molecule has 0 unspecified atom stereocenters. The van der Waals surface area contributed by atoms with E-state index in [9.17, 15) is 4.79 Å². The van der Waals surface area contributed by atoms with Crippen molar-refractivity contribution in [1.82, 2.24) is 4.98 Å². The minimum absolute atomic E-state index is 0.113. The number of rotatable bonds is 6. The molecule has 3 heterocycles. The number of hydrogen-bond acceptors (Lipinski definition) is 7. The first-order chi connectivity index (χ1) is 16.1. The van der Waals surface area contributed by atoms with Crippen molar-refractivity contribution in [3.63, 3.8) is 0 Å². The smallest absolute Gasteiger partial charge is 0.262 e. The Morgan fingerprint density at radius 1 is 1.06 bits per heavy atom. The van der Waals surface area contributed by atoms with Crippen LogP contribution in [0.5, 0.6) is 11.5 Å². The van der Waals surface area contributed by atoms with Gasteiger partial charge in [-0.2, -0.15) is 0 Å². The molecule has 5 rings (SSSR count). The van der Waals surface area contributed by atoms with Crippen LogP contribution in [0.4, 0.5) is 11.5 Å². The zero-order chi connectivity index (χ0) is 22.7. The lowest BCUT2D eigenvalue weighted by atomic mass is 10.0. The Balaban J connectivity index is 1.25. The Labute approximate surface area is 192 Å². The molecule has 0 radical (unpaired) electrons. The van der Waals surface area contributed by atoms with Gasteiger partial charge in [0.25, 0.3) is 5.91 Å². The van der Waals surface area contributed by atoms with Crippen LogP contribution in [0.25, 0.3) is 10.9 Å². The van der Waals surface area contributed by atoms with Crippen LogP contribution < -0.4 is 19.7 Å². The van der Waals surface area contributed by atoms with E-state index >= 15 is 0 Å². The van der Waals surface area contributed by atoms with Crippen LogP contribution in [0, 0.1) is 0 Å². The van der Waals surface area contributed by atoms with Crippen LogP contribution >= 0.6 is 0 Å². The molecule has 3 aromatic rings. The second-order valence-electron chi connectivity index (χ2n) is 8.16. The number of piperidine rings is 1. The fourth-order valence-electron chi connectivity index (χ4n) is 4.28. The van der Waals surface area contributed by atoms with E-state index in [1.165, 1.54) is 0 Å². The van der Waals surface area contributed by atoms with E-state index in [0.29, 0.717) is 24.7 Å². The number of carbonyl (C=O) groups excluding carboxylic acids is 1. The molecule has 33 heavy (non-hydrogen) atoms. The number of nitrogens with zero attached hydrogens (tertiary/aromatic N) is 2. The summed E-state index contributed by atoms with van der Waals surface area (Å²) in [5.41, 5.74) is 1.42. The van der Waals surface area contributed by atoms with Gasteiger partial charge in [-0.1, -0.05) is 12.1 Å². The predicted octanol–water partition coefficient (Wildman–Crippen LogP) is 3.60. The van der Waals surface area contributed by atoms with Crippen molar-refractivity contribution < 1.29 is 23.7 Å². The van der Waals surface area contributed by atoms with Crippen molar-refractivity contribution >= 4 is 28.3 Å². The number of ether oxygens (including phenoxy) is 4. The Bertz CT molecular complexity index is 1120. The summed E-state index contributed by atoms with van der Waals surface area (Å²) in [4.78, 5) is 19.5. The van der Waals surface area contributed by atoms with Crippen molar-refractivity contribution in [2.75, 3.05) is 50.2 Å². The summed E-state index contributed by atoms with van der Waals surface area (Å²) in [6.45, 7) is 2.84. The number of hydrogen-bond donors (Lipinski definition) is 1. The first-order valence-electron chi connectivity index (χ1n) is 11.1. The molecular weight excluding hydrogens is 422 g/mol. The number of carbonyl (C=O) groups is 1. The molecule has 1 N–H and O–H groups in total. The largest absolute Gasteiger partial charge is 0.497 e. The zero-order valence-corrected chi connectivity index (χ0v) is 18.6. The van der Waals surface area contributed by atoms with E-state index < -0.39 is 5.79 Å². The van der Waals surface area contributed by atoms with Crippen LogP contribution in [0.15, 0.2) is 54.6 Å². The van der Waals surface area contributed by atoms with Gasteiger partial charge in [0.1, 0.15) is 22.8 Å². The summed E-state index contributed by atoms with van der Waals surface area (Å²) in [5.74, 6) is 1.53. The summed E-state index contributed by atoms with van der Waals surface area (Å²) < 4.78 is 22.7. The molecule has 1 aromatic heterocycles. The van der Waals surface area contributed by atoms with Crippen LogP contribution in [-0.4, -0.2) is 56.7 Å². The van der Waals surface area contributed by atoms with Crippen molar-refractivity contribution in [3.8, 4) is 11.5 Å². The standard InChI is InChI=1S/C25H27N3O5/c1-30-20-8-6-19(7-9-20)26-23(29)17-31-21-4-2-3-18-5-10-22(27-24(18)21)28-13-11-25(12-14-28)32-15-16-33-25/h2-10H,11-17H2,1H3,(H,26,29). The predicted molar refractivity (Wildman–Crippen MR) is 125 cm³/mol. The van der Waals surface area contributed by atoms with Gasteiger partial charge in [-0.25, -0.2) is 4.98 Å². The maximum Gasteiger partial charge on any atom is 0.262 e. The quantitative estimate of drug-likeness (QED) is 0.616. The monoisotopic (exact) mass is 449 g/mol. The number of amides is 1. The average molecular weight is 450 g/mol. The highest BCUT2D eigenvalue weighted by molar-refractivity contribution is 5.92. The minimum Gasteiger partial charge on any atom is -0.497 e. The summed E-state index contributed by atoms with van der Waals surface area (Å²) >= 11 is 0. The van der Waals surface area contributed by atoms with E-state index in [2.05, 4.69) is 10.2 Å². The molecule has 0 bridgehead atoms. The third kappa shape index (κ3) is 4.72. The molecule has 0 atom stereocenters. The fourth-order valence-corrected chi connectivity index (χ4v) is 4.28. The van der Waals surface area contributed by atoms with Gasteiger partial charge in [-0.3, -0.25) is 4.79 Å². The molecule has 2 aromatic carbocycles. The summed E-state index contributed by atoms with van der Waals surface area (Å²) in [6, 6.07) is 16.9. The van der Waals surface area contributed by atoms with E-state index in [-0.39, 0.29) is 12.5 Å². The van der Waals surface area contributed by atoms with Crippen LogP contribution in [0.1, 0.15) is 12.8 Å². The molecule has 0 aliphatic carbocycles. The number of nitrogens with one attached hydrogen (secondary N) is 1. The lowest BCUT2D eigenvalue weighted by Crippen LogP contribution is -2.45. The summed E-state index contributed by atoms with van der Waals surface area (Å²) in [5, 5.41) is 3.79. The number of benzene rings is 2. The van der Waals surface area contributed by atoms with Gasteiger partial charge in [-0.05, 0) is 42.5 Å². The van der Waals surface area contributed by atoms with Gasteiger partial charge in [0.2, 0.25) is 0 Å². The maximum absolute atomic E-state index is 12.4. The number of anilines is 2. The topological polar surface area (TPSA) is 82.2 Å². The summed E-state index contributed by atoms with van der Waals surface area (Å²) in [6.07, 6.45) is 1.63. The van der Waals surface area contributed by atoms with Gasteiger partial charge < -0.3 is 29.2 Å². The average Bonchev–Trinajstić information content (AvgIpc) is 3.31. The van der Waals surface area contributed by atoms with E-state index in [0.717, 1.165) is 48.4 Å². The molecule has 8 heteroatoms. The Kier molecular flexibility index (Phi) is 6.02. The maximum atomic E-state index is 12.4. The third-order valence-corrected chi connectivity index (χ3v) is 6.06. The zero-order valence-electron chi connectivity index (χ0n) is 18.6. The van der Waals surface area contributed by atoms with Gasteiger partial charge in [-0.15, -0.1) is 0 Å². The van der Waals surface area contributed by atoms with E-state index in [4.69, 9.17) is 23.9 Å². The molecule has 8 nitrogen and oxygen atoms in total. The van der Waals surface area contributed by atoms with Crippen molar-refractivity contribution in [2.24, 2.45) is 0 Å². The first-order valence-corrected chi connectivity index (χ1v) is 11.1. The minimum atomic E-state index is -0.418. The van der Waals surface area contributed by atoms with Gasteiger partial charge >= 0.3 is 0 Å². The highest BCUT2D eigenvalue weighted by atomic mass is 16.7. The number of para-hydroxylation sites is 1. The molecule has 1 amide bonds. The van der Waals surface area contributed by atoms with Crippen molar-refractivity contribution in [2.45, 2.75) is 18.6 Å². The highest BCUT2D eigenvalue weighted by Gasteiger charge is 2.40. The number of pyridine rings is 1. The number of fused-ring (bicyclic) bond motifs is 1. The van der Waals surface area contributed by atoms with Crippen molar-refractivity contribution in [3.05, 3.63) is 54.6 Å². The van der Waals surface area contributed by atoms with Crippen LogP contribution in [0.3, 0.4) is 0 Å². The fraction of sp³-hybridized carbons (Fsp3) is 0.360. The molecule has 1 spiro atoms. The SMILES string of the molecule is COc1ccc(NC(=O)COc2cccc3ccc(N4CCC5(CC4)OCCO5)nc23)cc1. The normalized spacial score (nSPS) is 17.3. The second-order valence-corrected chi connectivity index (χ2v) is 8.16. The Morgan fingerprint density at radius 3 is 2.55 bits per heavy atom. The Morgan fingerprint density at radius 2 is 1.82 bits per heavy atom. The summed E-state index contributed by atoms with van der Waals surface area (Å²) in [7, 11) is 1.60. The third-order valence-electron chi connectivity index (χ3n) is 6.06. The van der Waals surface area contributed by atoms with E-state index in [1.807, 2.05) is 30.3 Å². The van der Waals surface area contributed by atoms with Gasteiger partial charge in [0, 0.05) is 37.0 Å². The van der Waals surface area contributed by atoms with E-state index in [1.54, 1.807) is 31.4 Å². The molecule has 0 saturated carbocycles. The number of methoxy groups -OCH3 is 1. The molecule has 2 fully saturated rings. The van der Waals surface area contributed by atoms with Crippen molar-refractivity contribution in [1.29, 1.82) is 0 Å². The van der Waals surface area contributed by atoms with Crippen LogP contribution in [-0.2, 0) is 14.3 Å². The van der Waals surface area contributed by atoms with Gasteiger partial charge in [0.05, 0.1) is 20.3 Å². The first kappa shape index (κ1) is 21.5. The lowest BCUT2D eigenvalue weighted by molar-refractivity contribution is -0.169. The molecular formula is C25H27N3O5. The lowest BCUT2D eigenvalue weighted by Gasteiger charge is -2.38. The Hall–Kier alpha value is -3.36. The second kappa shape index (κ2) is 9.25. The highest BCUT2D eigenvalue weighted by Crippen LogP contribution is 2.34. The molecule has 2 saturated heterocycles. The molecule has 2 aliphatic rings. The molecule has 172 valence electrons. The van der Waals surface area contributed by atoms with Gasteiger partial charge in [0.15, 0.2) is 12.4 Å². The molecule has 2 aliphatic heterocycles. The number of aromatic nitrogens is 1. The van der Waals surface area contributed by atoms with Crippen LogP contribution in [0.2, 0.25) is 0 Å².